The number of carbonyl (C=O) groups excluding carboxylic acids is 1. The highest BCUT2D eigenvalue weighted by Gasteiger charge is 2.48. The number of carboxylic acid groups (broad SMARTS) is 1. The Morgan fingerprint density at radius 2 is 1.73 bits per heavy atom. The third kappa shape index (κ3) is 6.48. The minimum atomic E-state index is -3.63. The molecule has 0 spiro atoms. The van der Waals surface area contributed by atoms with Crippen molar-refractivity contribution in [3.63, 3.8) is 0 Å². The van der Waals surface area contributed by atoms with Crippen LogP contribution in [0.3, 0.4) is 0 Å². The second-order valence-electron chi connectivity index (χ2n) is 9.90. The summed E-state index contributed by atoms with van der Waals surface area (Å²) in [5.41, 5.74) is 1.33. The van der Waals surface area contributed by atoms with E-state index in [1.54, 1.807) is 62.4 Å². The SMILES string of the molecule is CCC(CS(=O)(=O)C(C)(C)CC)N1C(=O)[C@@H](CC(=O)O)O[C@H](c2cccc(Cl)c2)[C@H]1c1ccc(Cl)cc1. The summed E-state index contributed by atoms with van der Waals surface area (Å²) in [6.07, 6.45) is -1.88. The first-order valence-corrected chi connectivity index (χ1v) is 14.6. The summed E-state index contributed by atoms with van der Waals surface area (Å²) in [5, 5.41) is 10.5. The molecule has 7 nitrogen and oxygen atoms in total. The molecule has 1 fully saturated rings. The maximum Gasteiger partial charge on any atom is 0.306 e. The van der Waals surface area contributed by atoms with Gasteiger partial charge in [-0.25, -0.2) is 8.42 Å². The number of sulfone groups is 1. The van der Waals surface area contributed by atoms with Crippen LogP contribution in [-0.4, -0.2) is 52.9 Å². The second-order valence-corrected chi connectivity index (χ2v) is 13.4. The zero-order valence-corrected chi connectivity index (χ0v) is 23.7. The number of morpholine rings is 1. The molecule has 0 bridgehead atoms. The van der Waals surface area contributed by atoms with Crippen LogP contribution in [0, 0.1) is 0 Å². The van der Waals surface area contributed by atoms with Gasteiger partial charge in [-0.05, 0) is 62.1 Å². The molecular formula is C27H33Cl2NO6S. The minimum absolute atomic E-state index is 0.262. The van der Waals surface area contributed by atoms with Crippen molar-refractivity contribution in [1.29, 1.82) is 0 Å². The number of hydrogen-bond donors (Lipinski definition) is 1. The molecule has 0 aliphatic carbocycles. The number of rotatable bonds is 10. The Morgan fingerprint density at radius 3 is 2.27 bits per heavy atom. The number of carboxylic acids is 1. The zero-order valence-electron chi connectivity index (χ0n) is 21.4. The third-order valence-electron chi connectivity index (χ3n) is 7.15. The number of amides is 1. The van der Waals surface area contributed by atoms with Crippen LogP contribution in [0.25, 0.3) is 0 Å². The topological polar surface area (TPSA) is 101 Å². The van der Waals surface area contributed by atoms with Crippen molar-refractivity contribution in [2.24, 2.45) is 0 Å². The summed E-state index contributed by atoms with van der Waals surface area (Å²) in [7, 11) is -3.63. The first-order valence-electron chi connectivity index (χ1n) is 12.2. The summed E-state index contributed by atoms with van der Waals surface area (Å²) in [6.45, 7) is 6.98. The van der Waals surface area contributed by atoms with Gasteiger partial charge in [0.05, 0.1) is 23.0 Å². The molecule has 202 valence electrons. The summed E-state index contributed by atoms with van der Waals surface area (Å²) in [4.78, 5) is 27.0. The predicted molar refractivity (Wildman–Crippen MR) is 145 cm³/mol. The predicted octanol–water partition coefficient (Wildman–Crippen LogP) is 5.86. The van der Waals surface area contributed by atoms with Crippen LogP contribution in [0.5, 0.6) is 0 Å². The molecule has 1 amide bonds. The van der Waals surface area contributed by atoms with Crippen molar-refractivity contribution in [2.45, 2.75) is 76.0 Å². The van der Waals surface area contributed by atoms with E-state index in [-0.39, 0.29) is 5.75 Å². The smallest absolute Gasteiger partial charge is 0.306 e. The van der Waals surface area contributed by atoms with Crippen LogP contribution in [0.1, 0.15) is 70.2 Å². The fraction of sp³-hybridized carbons (Fsp3) is 0.481. The molecule has 0 saturated carbocycles. The van der Waals surface area contributed by atoms with Gasteiger partial charge in [0.1, 0.15) is 12.2 Å². The average molecular weight is 571 g/mol. The minimum Gasteiger partial charge on any atom is -0.481 e. The summed E-state index contributed by atoms with van der Waals surface area (Å²) >= 11 is 12.4. The molecule has 1 aliphatic heterocycles. The van der Waals surface area contributed by atoms with E-state index < -0.39 is 57.2 Å². The lowest BCUT2D eigenvalue weighted by molar-refractivity contribution is -0.182. The molecule has 4 atom stereocenters. The second kappa shape index (κ2) is 11.7. The number of hydrogen-bond acceptors (Lipinski definition) is 5. The highest BCUT2D eigenvalue weighted by atomic mass is 35.5. The van der Waals surface area contributed by atoms with Crippen LogP contribution < -0.4 is 0 Å². The monoisotopic (exact) mass is 569 g/mol. The number of carbonyl (C=O) groups is 2. The lowest BCUT2D eigenvalue weighted by Gasteiger charge is -2.48. The third-order valence-corrected chi connectivity index (χ3v) is 10.4. The van der Waals surface area contributed by atoms with Crippen LogP contribution in [0.15, 0.2) is 48.5 Å². The Labute approximate surface area is 228 Å². The number of aliphatic carboxylic acids is 1. The molecule has 0 aromatic heterocycles. The summed E-state index contributed by atoms with van der Waals surface area (Å²) < 4.78 is 32.1. The highest BCUT2D eigenvalue weighted by molar-refractivity contribution is 7.92. The van der Waals surface area contributed by atoms with E-state index in [2.05, 4.69) is 0 Å². The van der Waals surface area contributed by atoms with Gasteiger partial charge in [-0.1, -0.05) is 61.3 Å². The summed E-state index contributed by atoms with van der Waals surface area (Å²) in [5.74, 6) is -2.01. The van der Waals surface area contributed by atoms with Crippen molar-refractivity contribution in [3.05, 3.63) is 69.7 Å². The molecule has 1 N–H and O–H groups in total. The van der Waals surface area contributed by atoms with E-state index in [1.165, 1.54) is 4.90 Å². The van der Waals surface area contributed by atoms with Crippen molar-refractivity contribution in [3.8, 4) is 0 Å². The van der Waals surface area contributed by atoms with Gasteiger partial charge in [-0.3, -0.25) is 9.59 Å². The van der Waals surface area contributed by atoms with Crippen molar-refractivity contribution >= 4 is 44.9 Å². The van der Waals surface area contributed by atoms with E-state index >= 15 is 0 Å². The molecule has 37 heavy (non-hydrogen) atoms. The lowest BCUT2D eigenvalue weighted by atomic mass is 9.89. The van der Waals surface area contributed by atoms with Crippen LogP contribution in [0.2, 0.25) is 10.0 Å². The molecule has 1 saturated heterocycles. The van der Waals surface area contributed by atoms with Crippen LogP contribution in [0.4, 0.5) is 0 Å². The fourth-order valence-electron chi connectivity index (χ4n) is 4.49. The van der Waals surface area contributed by atoms with Crippen molar-refractivity contribution in [2.75, 3.05) is 5.75 Å². The standard InChI is InChI=1S/C27H33Cl2NO6S/c1-5-21(16-37(34,35)27(3,4)6-2)30-24(17-10-12-19(28)13-11-17)25(18-8-7-9-20(29)14-18)36-22(26(30)33)15-23(31)32/h7-14,21-22,24-25H,5-6,15-16H2,1-4H3,(H,31,32)/t21?,22-,24-,25-/m1/s1. The average Bonchev–Trinajstić information content (AvgIpc) is 2.84. The Balaban J connectivity index is 2.21. The molecule has 1 aliphatic rings. The quantitative estimate of drug-likeness (QED) is 0.384. The van der Waals surface area contributed by atoms with Gasteiger partial charge < -0.3 is 14.7 Å². The molecule has 0 radical (unpaired) electrons. The Bertz CT molecular complexity index is 1230. The maximum atomic E-state index is 13.9. The van der Waals surface area contributed by atoms with Gasteiger partial charge in [-0.15, -0.1) is 0 Å². The van der Waals surface area contributed by atoms with Gasteiger partial charge in [-0.2, -0.15) is 0 Å². The highest BCUT2D eigenvalue weighted by Crippen LogP contribution is 2.45. The first-order chi connectivity index (χ1) is 17.3. The van der Waals surface area contributed by atoms with E-state index in [0.717, 1.165) is 0 Å². The maximum absolute atomic E-state index is 13.9. The van der Waals surface area contributed by atoms with E-state index in [4.69, 9.17) is 27.9 Å². The normalized spacial score (nSPS) is 21.6. The molecule has 2 aromatic carbocycles. The van der Waals surface area contributed by atoms with Crippen molar-refractivity contribution in [1.82, 2.24) is 4.90 Å². The Kier molecular flexibility index (Phi) is 9.32. The van der Waals surface area contributed by atoms with Gasteiger partial charge >= 0.3 is 5.97 Å². The number of benzene rings is 2. The molecule has 2 aromatic rings. The number of halogens is 2. The fourth-order valence-corrected chi connectivity index (χ4v) is 6.61. The first kappa shape index (κ1) is 29.4. The van der Waals surface area contributed by atoms with Gasteiger partial charge in [0.2, 0.25) is 0 Å². The van der Waals surface area contributed by atoms with E-state index in [1.807, 2.05) is 13.8 Å². The number of ether oxygens (including phenoxy) is 1. The largest absolute Gasteiger partial charge is 0.481 e. The van der Waals surface area contributed by atoms with Crippen LogP contribution >= 0.6 is 23.2 Å². The lowest BCUT2D eigenvalue weighted by Crippen LogP contribution is -2.57. The van der Waals surface area contributed by atoms with Gasteiger partial charge in [0, 0.05) is 16.1 Å². The van der Waals surface area contributed by atoms with Gasteiger partial charge in [0.25, 0.3) is 5.91 Å². The zero-order chi connectivity index (χ0) is 27.5. The van der Waals surface area contributed by atoms with Gasteiger partial charge in [0.15, 0.2) is 9.84 Å². The van der Waals surface area contributed by atoms with Crippen molar-refractivity contribution < 1.29 is 27.9 Å². The Morgan fingerprint density at radius 1 is 1.08 bits per heavy atom. The van der Waals surface area contributed by atoms with E-state index in [9.17, 15) is 23.1 Å². The molecule has 10 heteroatoms. The molecule has 3 rings (SSSR count). The Hall–Kier alpha value is -2.13. The molecular weight excluding hydrogens is 537 g/mol. The van der Waals surface area contributed by atoms with E-state index in [0.29, 0.717) is 34.0 Å². The number of nitrogens with zero attached hydrogens (tertiary/aromatic N) is 1. The molecule has 1 heterocycles. The molecule has 1 unspecified atom stereocenters. The van der Waals surface area contributed by atoms with Crippen LogP contribution in [-0.2, 0) is 24.2 Å². The summed E-state index contributed by atoms with van der Waals surface area (Å²) in [6, 6.07) is 12.4.